The van der Waals surface area contributed by atoms with E-state index in [0.29, 0.717) is 24.8 Å². The van der Waals surface area contributed by atoms with Crippen molar-refractivity contribution in [3.05, 3.63) is 53.5 Å². The number of methoxy groups -OCH3 is 1. The third-order valence-corrected chi connectivity index (χ3v) is 4.67. The van der Waals surface area contributed by atoms with Crippen LogP contribution in [-0.2, 0) is 10.5 Å². The molecule has 3 aromatic rings. The van der Waals surface area contributed by atoms with Gasteiger partial charge in [0, 0.05) is 19.3 Å². The highest BCUT2D eigenvalue weighted by Crippen LogP contribution is 2.25. The normalized spacial score (nSPS) is 10.9. The smallest absolute Gasteiger partial charge is 0.273 e. The van der Waals surface area contributed by atoms with Crippen LogP contribution in [0.2, 0.25) is 0 Å². The molecule has 0 saturated heterocycles. The average molecular weight is 387 g/mol. The summed E-state index contributed by atoms with van der Waals surface area (Å²) in [6.07, 6.45) is 1.36. The lowest BCUT2D eigenvalue weighted by molar-refractivity contribution is 0.0932. The van der Waals surface area contributed by atoms with Gasteiger partial charge in [-0.2, -0.15) is 0 Å². The number of aromatic nitrogens is 4. The summed E-state index contributed by atoms with van der Waals surface area (Å²) in [4.78, 5) is 16.2. The molecule has 0 fully saturated rings. The van der Waals surface area contributed by atoms with Crippen LogP contribution in [0.25, 0.3) is 5.69 Å². The van der Waals surface area contributed by atoms with Gasteiger partial charge in [-0.05, 0) is 31.5 Å². The number of hydrogen-bond donors (Lipinski definition) is 1. The van der Waals surface area contributed by atoms with Gasteiger partial charge in [0.15, 0.2) is 10.9 Å². The highest BCUT2D eigenvalue weighted by atomic mass is 32.2. The number of carbonyl (C=O) groups is 1. The fourth-order valence-corrected chi connectivity index (χ4v) is 3.32. The number of nitrogens with one attached hydrogen (secondary N) is 1. The summed E-state index contributed by atoms with van der Waals surface area (Å²) in [5.41, 5.74) is 2.41. The minimum atomic E-state index is -0.286. The molecule has 27 heavy (non-hydrogen) atoms. The zero-order valence-corrected chi connectivity index (χ0v) is 16.2. The number of hydrogen-bond acceptors (Lipinski definition) is 7. The largest absolute Gasteiger partial charge is 0.447 e. The molecule has 0 unspecified atom stereocenters. The lowest BCUT2D eigenvalue weighted by Gasteiger charge is -2.08. The van der Waals surface area contributed by atoms with Crippen LogP contribution in [0.5, 0.6) is 0 Å². The summed E-state index contributed by atoms with van der Waals surface area (Å²) in [6.45, 7) is 4.82. The maximum absolute atomic E-state index is 12.0. The Morgan fingerprint density at radius 2 is 2.19 bits per heavy atom. The van der Waals surface area contributed by atoms with E-state index < -0.39 is 0 Å². The Balaban J connectivity index is 1.67. The zero-order chi connectivity index (χ0) is 19.2. The van der Waals surface area contributed by atoms with Crippen LogP contribution < -0.4 is 5.32 Å². The lowest BCUT2D eigenvalue weighted by atomic mass is 10.2. The van der Waals surface area contributed by atoms with E-state index in [0.717, 1.165) is 22.2 Å². The van der Waals surface area contributed by atoms with Crippen molar-refractivity contribution in [3.63, 3.8) is 0 Å². The van der Waals surface area contributed by atoms with Crippen LogP contribution in [0.3, 0.4) is 0 Å². The minimum absolute atomic E-state index is 0.248. The standard InChI is InChI=1S/C18H21N5O3S/c1-12-5-4-6-14(9-12)23-13(2)21-22-18(23)27-11-16-20-15(10-26-16)17(24)19-7-8-25-3/h4-6,9-10H,7-8,11H2,1-3H3,(H,19,24). The molecule has 1 amide bonds. The summed E-state index contributed by atoms with van der Waals surface area (Å²) >= 11 is 1.45. The van der Waals surface area contributed by atoms with Gasteiger partial charge in [0.25, 0.3) is 5.91 Å². The Kier molecular flexibility index (Phi) is 6.25. The van der Waals surface area contributed by atoms with Gasteiger partial charge >= 0.3 is 0 Å². The Morgan fingerprint density at radius 3 is 2.96 bits per heavy atom. The fraction of sp³-hybridized carbons (Fsp3) is 0.333. The van der Waals surface area contributed by atoms with Gasteiger partial charge in [0.2, 0.25) is 5.89 Å². The van der Waals surface area contributed by atoms with E-state index in [9.17, 15) is 4.79 Å². The van der Waals surface area contributed by atoms with Gasteiger partial charge in [-0.15, -0.1) is 10.2 Å². The number of rotatable bonds is 8. The Hall–Kier alpha value is -2.65. The first-order chi connectivity index (χ1) is 13.1. The number of benzene rings is 1. The van der Waals surface area contributed by atoms with Crippen LogP contribution in [-0.4, -0.2) is 45.9 Å². The average Bonchev–Trinajstić information content (AvgIpc) is 3.27. The molecule has 0 atom stereocenters. The van der Waals surface area contributed by atoms with Gasteiger partial charge < -0.3 is 14.5 Å². The highest BCUT2D eigenvalue weighted by molar-refractivity contribution is 7.98. The molecule has 1 N–H and O–H groups in total. The van der Waals surface area contributed by atoms with E-state index in [1.165, 1.54) is 18.0 Å². The van der Waals surface area contributed by atoms with Gasteiger partial charge in [-0.3, -0.25) is 9.36 Å². The third-order valence-electron chi connectivity index (χ3n) is 3.76. The fourth-order valence-electron chi connectivity index (χ4n) is 2.47. The molecule has 2 heterocycles. The van der Waals surface area contributed by atoms with Gasteiger partial charge in [0.05, 0.1) is 12.4 Å². The molecule has 0 spiro atoms. The van der Waals surface area contributed by atoms with Crippen molar-refractivity contribution in [2.45, 2.75) is 24.8 Å². The second kappa shape index (κ2) is 8.83. The van der Waals surface area contributed by atoms with E-state index in [2.05, 4.69) is 26.6 Å². The summed E-state index contributed by atoms with van der Waals surface area (Å²) in [7, 11) is 1.58. The van der Waals surface area contributed by atoms with Crippen LogP contribution >= 0.6 is 11.8 Å². The molecule has 0 saturated carbocycles. The van der Waals surface area contributed by atoms with Crippen LogP contribution in [0.1, 0.15) is 27.8 Å². The number of aryl methyl sites for hydroxylation is 2. The van der Waals surface area contributed by atoms with E-state index in [1.54, 1.807) is 7.11 Å². The predicted octanol–water partition coefficient (Wildman–Crippen LogP) is 2.54. The molecular formula is C18H21N5O3S. The first-order valence-corrected chi connectivity index (χ1v) is 9.40. The van der Waals surface area contributed by atoms with Crippen molar-refractivity contribution in [2.24, 2.45) is 0 Å². The summed E-state index contributed by atoms with van der Waals surface area (Å²) in [6, 6.07) is 8.14. The Bertz CT molecular complexity index is 921. The Morgan fingerprint density at radius 1 is 1.33 bits per heavy atom. The topological polar surface area (TPSA) is 95.1 Å². The third kappa shape index (κ3) is 4.75. The number of amides is 1. The van der Waals surface area contributed by atoms with Crippen LogP contribution in [0.4, 0.5) is 0 Å². The summed E-state index contributed by atoms with van der Waals surface area (Å²) < 4.78 is 12.3. The van der Waals surface area contributed by atoms with Crippen molar-refractivity contribution >= 4 is 17.7 Å². The summed E-state index contributed by atoms with van der Waals surface area (Å²) in [5.74, 6) is 1.41. The van der Waals surface area contributed by atoms with Crippen LogP contribution in [0, 0.1) is 13.8 Å². The molecule has 0 aliphatic rings. The first-order valence-electron chi connectivity index (χ1n) is 8.42. The molecule has 142 valence electrons. The van der Waals surface area contributed by atoms with Crippen LogP contribution in [0.15, 0.2) is 40.1 Å². The molecular weight excluding hydrogens is 366 g/mol. The van der Waals surface area contributed by atoms with Crippen molar-refractivity contribution < 1.29 is 13.9 Å². The molecule has 3 rings (SSSR count). The highest BCUT2D eigenvalue weighted by Gasteiger charge is 2.15. The quantitative estimate of drug-likeness (QED) is 0.469. The number of nitrogens with zero attached hydrogens (tertiary/aromatic N) is 4. The van der Waals surface area contributed by atoms with Gasteiger partial charge in [0.1, 0.15) is 12.1 Å². The molecule has 0 bridgehead atoms. The number of thioether (sulfide) groups is 1. The van der Waals surface area contributed by atoms with E-state index in [4.69, 9.17) is 9.15 Å². The first kappa shape index (κ1) is 19.1. The molecule has 9 heteroatoms. The summed E-state index contributed by atoms with van der Waals surface area (Å²) in [5, 5.41) is 11.9. The van der Waals surface area contributed by atoms with Crippen molar-refractivity contribution in [1.82, 2.24) is 25.1 Å². The van der Waals surface area contributed by atoms with E-state index >= 15 is 0 Å². The number of carbonyl (C=O) groups excluding carboxylic acids is 1. The van der Waals surface area contributed by atoms with E-state index in [1.807, 2.05) is 36.6 Å². The number of oxazole rings is 1. The monoisotopic (exact) mass is 387 g/mol. The zero-order valence-electron chi connectivity index (χ0n) is 15.4. The van der Waals surface area contributed by atoms with Crippen molar-refractivity contribution in [3.8, 4) is 5.69 Å². The SMILES string of the molecule is COCCNC(=O)c1coc(CSc2nnc(C)n2-c2cccc(C)c2)n1. The number of ether oxygens (including phenoxy) is 1. The van der Waals surface area contributed by atoms with Crippen molar-refractivity contribution in [1.29, 1.82) is 0 Å². The minimum Gasteiger partial charge on any atom is -0.447 e. The second-order valence-corrected chi connectivity index (χ2v) is 6.81. The maximum Gasteiger partial charge on any atom is 0.273 e. The van der Waals surface area contributed by atoms with E-state index in [-0.39, 0.29) is 11.6 Å². The lowest BCUT2D eigenvalue weighted by Crippen LogP contribution is -2.27. The molecule has 0 aliphatic carbocycles. The molecule has 0 radical (unpaired) electrons. The molecule has 2 aromatic heterocycles. The maximum atomic E-state index is 12.0. The second-order valence-electron chi connectivity index (χ2n) is 5.87. The van der Waals surface area contributed by atoms with Crippen molar-refractivity contribution in [2.75, 3.05) is 20.3 Å². The Labute approximate surface area is 161 Å². The molecule has 1 aromatic carbocycles. The predicted molar refractivity (Wildman–Crippen MR) is 101 cm³/mol. The van der Waals surface area contributed by atoms with Gasteiger partial charge in [-0.25, -0.2) is 4.98 Å². The molecule has 0 aliphatic heterocycles. The molecule has 8 nitrogen and oxygen atoms in total. The van der Waals surface area contributed by atoms with Gasteiger partial charge in [-0.1, -0.05) is 23.9 Å².